The molecule has 3 aromatic rings. The number of anilines is 1. The van der Waals surface area contributed by atoms with Crippen LogP contribution in [-0.2, 0) is 14.6 Å². The van der Waals surface area contributed by atoms with Gasteiger partial charge < -0.3 is 15.0 Å². The normalized spacial score (nSPS) is 15.1. The van der Waals surface area contributed by atoms with E-state index in [1.54, 1.807) is 6.92 Å². The number of morpholine rings is 1. The summed E-state index contributed by atoms with van der Waals surface area (Å²) in [5.41, 5.74) is 0.0975. The summed E-state index contributed by atoms with van der Waals surface area (Å²) in [5.74, 6) is 0.327. The van der Waals surface area contributed by atoms with E-state index < -0.39 is 21.8 Å². The molecule has 34 heavy (non-hydrogen) atoms. The molecule has 1 unspecified atom stereocenters. The first-order valence-electron chi connectivity index (χ1n) is 10.1. The number of hydrogen-bond donors (Lipinski definition) is 1. The smallest absolute Gasteiger partial charge is 0.251 e. The highest BCUT2D eigenvalue weighted by atomic mass is 35.5. The van der Waals surface area contributed by atoms with E-state index in [1.807, 2.05) is 11.0 Å². The predicted molar refractivity (Wildman–Crippen MR) is 125 cm³/mol. The van der Waals surface area contributed by atoms with E-state index in [0.717, 1.165) is 17.6 Å². The zero-order chi connectivity index (χ0) is 24.5. The van der Waals surface area contributed by atoms with E-state index in [-0.39, 0.29) is 15.5 Å². The van der Waals surface area contributed by atoms with Gasteiger partial charge in [-0.1, -0.05) is 22.9 Å². The monoisotopic (exact) mass is 521 g/mol. The summed E-state index contributed by atoms with van der Waals surface area (Å²) in [7, 11) is -3.55. The number of rotatable bonds is 6. The summed E-state index contributed by atoms with van der Waals surface area (Å²) in [6, 6.07) is 5.37. The maximum atomic E-state index is 13.0. The molecule has 1 aliphatic rings. The van der Waals surface area contributed by atoms with Crippen LogP contribution in [0.5, 0.6) is 0 Å². The highest BCUT2D eigenvalue weighted by Gasteiger charge is 2.25. The van der Waals surface area contributed by atoms with Gasteiger partial charge in [0, 0.05) is 29.9 Å². The summed E-state index contributed by atoms with van der Waals surface area (Å²) in [4.78, 5) is 24.2. The Hall–Kier alpha value is -3.05. The molecule has 0 aliphatic carbocycles. The minimum atomic E-state index is -3.55. The Labute approximate surface area is 204 Å². The first kappa shape index (κ1) is 24.1. The number of nitriles is 1. The second kappa shape index (κ2) is 9.67. The van der Waals surface area contributed by atoms with Gasteiger partial charge in [0.05, 0.1) is 30.3 Å². The molecular weight excluding hydrogens is 502 g/mol. The molecule has 4 rings (SSSR count). The van der Waals surface area contributed by atoms with Crippen molar-refractivity contribution in [3.05, 3.63) is 45.7 Å². The second-order valence-corrected chi connectivity index (χ2v) is 11.0. The fourth-order valence-corrected chi connectivity index (χ4v) is 4.95. The molecule has 1 N–H and O–H groups in total. The molecule has 3 heterocycles. The summed E-state index contributed by atoms with van der Waals surface area (Å²) in [5, 5.41) is 17.1. The van der Waals surface area contributed by atoms with Crippen molar-refractivity contribution < 1.29 is 17.9 Å². The van der Waals surface area contributed by atoms with Crippen molar-refractivity contribution in [3.8, 4) is 11.2 Å². The van der Waals surface area contributed by atoms with E-state index in [9.17, 15) is 18.5 Å². The Morgan fingerprint density at radius 3 is 2.71 bits per heavy atom. The van der Waals surface area contributed by atoms with Gasteiger partial charge in [-0.2, -0.15) is 14.9 Å². The van der Waals surface area contributed by atoms with Crippen LogP contribution in [0, 0.1) is 11.3 Å². The lowest BCUT2D eigenvalue weighted by atomic mass is 10.2. The molecule has 1 saturated heterocycles. The highest BCUT2D eigenvalue weighted by Crippen LogP contribution is 2.25. The molecule has 11 nitrogen and oxygen atoms in total. The average molecular weight is 522 g/mol. The number of halogens is 1. The van der Waals surface area contributed by atoms with Crippen LogP contribution in [0.3, 0.4) is 0 Å². The lowest BCUT2D eigenvalue weighted by Crippen LogP contribution is -2.37. The molecule has 1 aliphatic heterocycles. The molecule has 0 spiro atoms. The van der Waals surface area contributed by atoms with Gasteiger partial charge in [0.1, 0.15) is 10.9 Å². The minimum Gasteiger partial charge on any atom is -0.378 e. The van der Waals surface area contributed by atoms with E-state index in [0.29, 0.717) is 48.1 Å². The van der Waals surface area contributed by atoms with E-state index in [1.165, 1.54) is 29.1 Å². The third-order valence-corrected chi connectivity index (χ3v) is 7.18. The number of nitrogens with one attached hydrogen (secondary N) is 1. The fraction of sp³-hybridized carbons (Fsp3) is 0.350. The Kier molecular flexibility index (Phi) is 6.85. The Bertz CT molecular complexity index is 1370. The average Bonchev–Trinajstić information content (AvgIpc) is 3.46. The van der Waals surface area contributed by atoms with Gasteiger partial charge in [0.2, 0.25) is 11.1 Å². The van der Waals surface area contributed by atoms with Gasteiger partial charge >= 0.3 is 0 Å². The molecule has 1 aromatic carbocycles. The fourth-order valence-electron chi connectivity index (χ4n) is 3.30. The number of aromatic nitrogens is 4. The van der Waals surface area contributed by atoms with Crippen LogP contribution < -0.4 is 10.2 Å². The van der Waals surface area contributed by atoms with Crippen molar-refractivity contribution in [3.63, 3.8) is 0 Å². The minimum absolute atomic E-state index is 0.0533. The number of carbonyl (C=O) groups is 1. The van der Waals surface area contributed by atoms with Crippen molar-refractivity contribution >= 4 is 44.6 Å². The van der Waals surface area contributed by atoms with Crippen molar-refractivity contribution in [2.24, 2.45) is 0 Å². The number of hydrogen-bond acceptors (Lipinski definition) is 10. The summed E-state index contributed by atoms with van der Waals surface area (Å²) in [6.07, 6.45) is 2.49. The lowest BCUT2D eigenvalue weighted by Gasteiger charge is -2.25. The SMILES string of the molecule is CC(NC(=O)c1cc(Cl)cc(S(C)(=O)=O)c1)c1nc(N2CCOCC2)nn1-c1ncc(C#N)s1. The number of benzene rings is 1. The topological polar surface area (TPSA) is 143 Å². The van der Waals surface area contributed by atoms with E-state index in [4.69, 9.17) is 16.3 Å². The van der Waals surface area contributed by atoms with Crippen molar-refractivity contribution in [2.45, 2.75) is 17.9 Å². The molecule has 2 aromatic heterocycles. The van der Waals surface area contributed by atoms with Gasteiger partial charge in [0.15, 0.2) is 15.7 Å². The van der Waals surface area contributed by atoms with Gasteiger partial charge in [-0.3, -0.25) is 4.79 Å². The van der Waals surface area contributed by atoms with Crippen LogP contribution >= 0.6 is 22.9 Å². The number of sulfone groups is 1. The standard InChI is InChI=1S/C20H20ClN7O4S2/c1-12(24-18(29)13-7-14(21)9-16(8-13)34(2,30)31)17-25-19(27-3-5-32-6-4-27)26-28(17)20-23-11-15(10-22)33-20/h7-9,11-12H,3-6H2,1-2H3,(H,24,29). The Morgan fingerprint density at radius 2 is 2.06 bits per heavy atom. The number of carbonyl (C=O) groups excluding carboxylic acids is 1. The highest BCUT2D eigenvalue weighted by molar-refractivity contribution is 7.90. The maximum Gasteiger partial charge on any atom is 0.251 e. The molecule has 14 heteroatoms. The van der Waals surface area contributed by atoms with Crippen LogP contribution in [0.2, 0.25) is 5.02 Å². The van der Waals surface area contributed by atoms with E-state index >= 15 is 0 Å². The molecule has 1 fully saturated rings. The maximum absolute atomic E-state index is 13.0. The first-order valence-corrected chi connectivity index (χ1v) is 13.2. The Balaban J connectivity index is 1.66. The number of amides is 1. The van der Waals surface area contributed by atoms with Gasteiger partial charge in [0.25, 0.3) is 5.91 Å². The van der Waals surface area contributed by atoms with Crippen LogP contribution in [0.15, 0.2) is 29.3 Å². The summed E-state index contributed by atoms with van der Waals surface area (Å²) in [6.45, 7) is 4.04. The quantitative estimate of drug-likeness (QED) is 0.514. The van der Waals surface area contributed by atoms with Crippen molar-refractivity contribution in [2.75, 3.05) is 37.5 Å². The zero-order valence-corrected chi connectivity index (χ0v) is 20.6. The number of ether oxygens (including phenoxy) is 1. The van der Waals surface area contributed by atoms with Crippen molar-refractivity contribution in [1.82, 2.24) is 25.1 Å². The summed E-state index contributed by atoms with van der Waals surface area (Å²) < 4.78 is 30.8. The molecule has 1 amide bonds. The second-order valence-electron chi connectivity index (χ2n) is 7.54. The third kappa shape index (κ3) is 5.20. The van der Waals surface area contributed by atoms with Crippen LogP contribution in [0.25, 0.3) is 5.13 Å². The van der Waals surface area contributed by atoms with Gasteiger partial charge in [-0.25, -0.2) is 13.4 Å². The van der Waals surface area contributed by atoms with Crippen LogP contribution in [0.1, 0.15) is 34.0 Å². The molecular formula is C20H20ClN7O4S2. The third-order valence-electron chi connectivity index (χ3n) is 5.00. The van der Waals surface area contributed by atoms with Gasteiger partial charge in [-0.05, 0) is 25.1 Å². The predicted octanol–water partition coefficient (Wildman–Crippen LogP) is 1.98. The van der Waals surface area contributed by atoms with Gasteiger partial charge in [-0.15, -0.1) is 5.10 Å². The molecule has 1 atom stereocenters. The van der Waals surface area contributed by atoms with E-state index in [2.05, 4.69) is 20.4 Å². The number of nitrogens with zero attached hydrogens (tertiary/aromatic N) is 6. The lowest BCUT2D eigenvalue weighted by molar-refractivity contribution is 0.0937. The largest absolute Gasteiger partial charge is 0.378 e. The molecule has 178 valence electrons. The zero-order valence-electron chi connectivity index (χ0n) is 18.2. The molecule has 0 saturated carbocycles. The first-order chi connectivity index (χ1) is 16.2. The Morgan fingerprint density at radius 1 is 1.32 bits per heavy atom. The molecule has 0 radical (unpaired) electrons. The number of thiazole rings is 1. The van der Waals surface area contributed by atoms with Crippen molar-refractivity contribution in [1.29, 1.82) is 5.26 Å². The van der Waals surface area contributed by atoms with Crippen LogP contribution in [-0.4, -0.2) is 66.6 Å². The summed E-state index contributed by atoms with van der Waals surface area (Å²) >= 11 is 7.19. The molecule has 0 bridgehead atoms. The van der Waals surface area contributed by atoms with Crippen LogP contribution in [0.4, 0.5) is 5.95 Å².